The van der Waals surface area contributed by atoms with Crippen LogP contribution in [0.25, 0.3) is 0 Å². The van der Waals surface area contributed by atoms with Gasteiger partial charge in [-0.2, -0.15) is 0 Å². The number of nitrogens with one attached hydrogen (secondary N) is 1. The van der Waals surface area contributed by atoms with Gasteiger partial charge in [0.15, 0.2) is 11.6 Å². The van der Waals surface area contributed by atoms with Gasteiger partial charge in [-0.1, -0.05) is 6.07 Å². The minimum absolute atomic E-state index is 0.0321. The summed E-state index contributed by atoms with van der Waals surface area (Å²) in [5, 5.41) is 14.0. The van der Waals surface area contributed by atoms with E-state index >= 15 is 0 Å². The summed E-state index contributed by atoms with van der Waals surface area (Å²) in [6, 6.07) is 5.08. The van der Waals surface area contributed by atoms with E-state index in [0.29, 0.717) is 12.7 Å². The zero-order valence-electron chi connectivity index (χ0n) is 11.0. The van der Waals surface area contributed by atoms with Crippen LogP contribution in [-0.2, 0) is 11.3 Å². The molecule has 21 heavy (non-hydrogen) atoms. The molecule has 2 N–H and O–H groups in total. The Morgan fingerprint density at radius 2 is 2.10 bits per heavy atom. The van der Waals surface area contributed by atoms with Gasteiger partial charge < -0.3 is 15.2 Å². The highest BCUT2D eigenvalue weighted by molar-refractivity contribution is 7.09. The SMILES string of the molecule is OC(CNc1cc(F)cc(F)c1F)COCc1cccs1. The summed E-state index contributed by atoms with van der Waals surface area (Å²) in [7, 11) is 0. The lowest BCUT2D eigenvalue weighted by molar-refractivity contribution is 0.0358. The summed E-state index contributed by atoms with van der Waals surface area (Å²) >= 11 is 1.53. The van der Waals surface area contributed by atoms with Gasteiger partial charge in [-0.15, -0.1) is 11.3 Å². The number of hydrogen-bond acceptors (Lipinski definition) is 4. The molecule has 0 radical (unpaired) electrons. The van der Waals surface area contributed by atoms with Gasteiger partial charge in [-0.25, -0.2) is 13.2 Å². The van der Waals surface area contributed by atoms with Crippen LogP contribution in [0, 0.1) is 17.5 Å². The number of aliphatic hydroxyl groups excluding tert-OH is 1. The molecule has 0 saturated carbocycles. The highest BCUT2D eigenvalue weighted by Crippen LogP contribution is 2.19. The van der Waals surface area contributed by atoms with E-state index in [-0.39, 0.29) is 18.8 Å². The standard InChI is InChI=1S/C14H14F3NO2S/c15-9-4-12(16)14(17)13(5-9)18-6-10(19)7-20-8-11-2-1-3-21-11/h1-5,10,18-19H,6-8H2. The van der Waals surface area contributed by atoms with Gasteiger partial charge in [0.1, 0.15) is 5.82 Å². The zero-order chi connectivity index (χ0) is 15.2. The number of ether oxygens (including phenoxy) is 1. The molecule has 7 heteroatoms. The Morgan fingerprint density at radius 1 is 1.29 bits per heavy atom. The molecule has 3 nitrogen and oxygen atoms in total. The molecule has 1 heterocycles. The molecule has 0 bridgehead atoms. The largest absolute Gasteiger partial charge is 0.389 e. The Labute approximate surface area is 124 Å². The predicted octanol–water partition coefficient (Wildman–Crippen LogP) is 3.16. The predicted molar refractivity (Wildman–Crippen MR) is 74.8 cm³/mol. The average molecular weight is 317 g/mol. The number of benzene rings is 1. The number of anilines is 1. The molecule has 0 saturated heterocycles. The maximum Gasteiger partial charge on any atom is 0.182 e. The first-order valence-corrected chi connectivity index (χ1v) is 7.11. The van der Waals surface area contributed by atoms with Gasteiger partial charge in [-0.05, 0) is 11.4 Å². The van der Waals surface area contributed by atoms with Crippen LogP contribution in [-0.4, -0.2) is 24.4 Å². The Morgan fingerprint density at radius 3 is 2.81 bits per heavy atom. The number of hydrogen-bond donors (Lipinski definition) is 2. The molecule has 0 aliphatic carbocycles. The Bertz CT molecular complexity index is 578. The first-order valence-electron chi connectivity index (χ1n) is 6.23. The molecule has 1 atom stereocenters. The van der Waals surface area contributed by atoms with E-state index in [4.69, 9.17) is 4.74 Å². The molecule has 0 amide bonds. The van der Waals surface area contributed by atoms with Crippen LogP contribution in [0.3, 0.4) is 0 Å². The van der Waals surface area contributed by atoms with Crippen molar-refractivity contribution >= 4 is 17.0 Å². The van der Waals surface area contributed by atoms with Crippen molar-refractivity contribution in [2.24, 2.45) is 0 Å². The van der Waals surface area contributed by atoms with Crippen LogP contribution in [0.5, 0.6) is 0 Å². The second-order valence-electron chi connectivity index (χ2n) is 4.38. The van der Waals surface area contributed by atoms with Crippen molar-refractivity contribution in [3.63, 3.8) is 0 Å². The fourth-order valence-corrected chi connectivity index (χ4v) is 2.30. The minimum atomic E-state index is -1.28. The zero-order valence-corrected chi connectivity index (χ0v) is 11.8. The van der Waals surface area contributed by atoms with E-state index in [0.717, 1.165) is 10.9 Å². The molecular formula is C14H14F3NO2S. The minimum Gasteiger partial charge on any atom is -0.389 e. The maximum atomic E-state index is 13.4. The molecule has 2 rings (SSSR count). The van der Waals surface area contributed by atoms with Gasteiger partial charge in [0.25, 0.3) is 0 Å². The van der Waals surface area contributed by atoms with Crippen molar-refractivity contribution in [2.75, 3.05) is 18.5 Å². The first-order chi connectivity index (χ1) is 10.1. The van der Waals surface area contributed by atoms with Crippen molar-refractivity contribution < 1.29 is 23.0 Å². The molecule has 0 spiro atoms. The van der Waals surface area contributed by atoms with Gasteiger partial charge in [0, 0.05) is 23.6 Å². The summed E-state index contributed by atoms with van der Waals surface area (Å²) in [5.74, 6) is -3.34. The van der Waals surface area contributed by atoms with Crippen LogP contribution in [0.2, 0.25) is 0 Å². The maximum absolute atomic E-state index is 13.4. The highest BCUT2D eigenvalue weighted by Gasteiger charge is 2.12. The molecular weight excluding hydrogens is 303 g/mol. The highest BCUT2D eigenvalue weighted by atomic mass is 32.1. The number of aliphatic hydroxyl groups is 1. The molecule has 1 unspecified atom stereocenters. The van der Waals surface area contributed by atoms with Crippen LogP contribution in [0.15, 0.2) is 29.6 Å². The van der Waals surface area contributed by atoms with E-state index in [1.165, 1.54) is 11.3 Å². The third-order valence-corrected chi connectivity index (χ3v) is 3.51. The van der Waals surface area contributed by atoms with Crippen LogP contribution < -0.4 is 5.32 Å². The van der Waals surface area contributed by atoms with Crippen molar-refractivity contribution in [1.82, 2.24) is 0 Å². The number of halogens is 3. The summed E-state index contributed by atoms with van der Waals surface area (Å²) in [5.41, 5.74) is -0.329. The first kappa shape index (κ1) is 15.8. The smallest absolute Gasteiger partial charge is 0.182 e. The molecule has 2 aromatic rings. The molecule has 114 valence electrons. The molecule has 0 aliphatic heterocycles. The van der Waals surface area contributed by atoms with Gasteiger partial charge in [-0.3, -0.25) is 0 Å². The molecule has 0 aliphatic rings. The van der Waals surface area contributed by atoms with Crippen molar-refractivity contribution in [3.8, 4) is 0 Å². The van der Waals surface area contributed by atoms with Crippen LogP contribution in [0.4, 0.5) is 18.9 Å². The molecule has 1 aromatic heterocycles. The van der Waals surface area contributed by atoms with Crippen molar-refractivity contribution in [2.45, 2.75) is 12.7 Å². The summed E-state index contributed by atoms with van der Waals surface area (Å²) in [4.78, 5) is 1.02. The lowest BCUT2D eigenvalue weighted by Crippen LogP contribution is -2.25. The number of rotatable bonds is 7. The fourth-order valence-electron chi connectivity index (χ4n) is 1.66. The van der Waals surface area contributed by atoms with Gasteiger partial charge in [0.05, 0.1) is 25.0 Å². The third-order valence-electron chi connectivity index (χ3n) is 2.66. The monoisotopic (exact) mass is 317 g/mol. The topological polar surface area (TPSA) is 41.5 Å². The average Bonchev–Trinajstić information content (AvgIpc) is 2.94. The molecule has 1 aromatic carbocycles. The van der Waals surface area contributed by atoms with E-state index in [9.17, 15) is 18.3 Å². The van der Waals surface area contributed by atoms with Crippen molar-refractivity contribution in [1.29, 1.82) is 0 Å². The quantitative estimate of drug-likeness (QED) is 0.771. The summed E-state index contributed by atoms with van der Waals surface area (Å²) in [6.45, 7) is 0.326. The van der Waals surface area contributed by atoms with E-state index in [2.05, 4.69) is 5.32 Å². The Balaban J connectivity index is 1.77. The normalized spacial score (nSPS) is 12.4. The fraction of sp³-hybridized carbons (Fsp3) is 0.286. The lowest BCUT2D eigenvalue weighted by atomic mass is 10.2. The summed E-state index contributed by atoms with van der Waals surface area (Å²) < 4.78 is 44.6. The van der Waals surface area contributed by atoms with Crippen LogP contribution >= 0.6 is 11.3 Å². The van der Waals surface area contributed by atoms with Gasteiger partial charge in [0.2, 0.25) is 0 Å². The van der Waals surface area contributed by atoms with E-state index in [1.807, 2.05) is 17.5 Å². The lowest BCUT2D eigenvalue weighted by Gasteiger charge is -2.13. The Hall–Kier alpha value is -1.57. The second-order valence-corrected chi connectivity index (χ2v) is 5.41. The third kappa shape index (κ3) is 4.73. The Kier molecular flexibility index (Phi) is 5.60. The van der Waals surface area contributed by atoms with Gasteiger partial charge >= 0.3 is 0 Å². The second kappa shape index (κ2) is 7.44. The summed E-state index contributed by atoms with van der Waals surface area (Å²) in [6.07, 6.45) is -0.921. The van der Waals surface area contributed by atoms with Crippen molar-refractivity contribution in [3.05, 3.63) is 52.0 Å². The van der Waals surface area contributed by atoms with E-state index < -0.39 is 23.6 Å². The van der Waals surface area contributed by atoms with E-state index in [1.54, 1.807) is 0 Å². The number of thiophene rings is 1. The van der Waals surface area contributed by atoms with Crippen LogP contribution in [0.1, 0.15) is 4.88 Å². The molecule has 0 fully saturated rings.